The Morgan fingerprint density at radius 3 is 2.78 bits per heavy atom. The molecule has 3 N–H and O–H groups in total. The number of carbonyl (C=O) groups excluding carboxylic acids is 1. The van der Waals surface area contributed by atoms with Gasteiger partial charge in [0.1, 0.15) is 6.54 Å². The maximum Gasteiger partial charge on any atom is 0.323 e. The van der Waals surface area contributed by atoms with Crippen molar-refractivity contribution in [1.82, 2.24) is 15.5 Å². The van der Waals surface area contributed by atoms with E-state index in [1.807, 2.05) is 0 Å². The number of carbonyl (C=O) groups is 2. The average Bonchev–Trinajstić information content (AvgIpc) is 2.34. The minimum absolute atomic E-state index is 0.338. The number of rotatable bonds is 6. The fraction of sp³-hybridized carbons (Fsp3) is 0.833. The van der Waals surface area contributed by atoms with Crippen LogP contribution in [0.5, 0.6) is 0 Å². The topological polar surface area (TPSA) is 81.7 Å². The summed E-state index contributed by atoms with van der Waals surface area (Å²) >= 11 is 0. The predicted molar refractivity (Wildman–Crippen MR) is 68.5 cm³/mol. The van der Waals surface area contributed by atoms with Crippen molar-refractivity contribution < 1.29 is 14.7 Å². The minimum atomic E-state index is -1.03. The highest BCUT2D eigenvalue weighted by molar-refractivity contribution is 5.79. The summed E-state index contributed by atoms with van der Waals surface area (Å²) in [7, 11) is 0. The zero-order valence-electron chi connectivity index (χ0n) is 10.9. The quantitative estimate of drug-likeness (QED) is 0.610. The molecule has 0 bridgehead atoms. The van der Waals surface area contributed by atoms with E-state index in [2.05, 4.69) is 22.5 Å². The third-order valence-corrected chi connectivity index (χ3v) is 3.25. The molecule has 2 amide bonds. The summed E-state index contributed by atoms with van der Waals surface area (Å²) in [6.07, 6.45) is 4.72. The van der Waals surface area contributed by atoms with Gasteiger partial charge in [-0.05, 0) is 32.7 Å². The van der Waals surface area contributed by atoms with E-state index in [-0.39, 0.29) is 6.54 Å². The zero-order chi connectivity index (χ0) is 13.4. The minimum Gasteiger partial charge on any atom is -0.480 e. The van der Waals surface area contributed by atoms with Crippen molar-refractivity contribution in [2.24, 2.45) is 0 Å². The Morgan fingerprint density at radius 2 is 2.11 bits per heavy atom. The fourth-order valence-electron chi connectivity index (χ4n) is 2.19. The summed E-state index contributed by atoms with van der Waals surface area (Å²) in [5.41, 5.74) is 0. The number of nitrogens with one attached hydrogen (secondary N) is 2. The van der Waals surface area contributed by atoms with Gasteiger partial charge in [0.2, 0.25) is 0 Å². The summed E-state index contributed by atoms with van der Waals surface area (Å²) in [5.74, 6) is -1.03. The van der Waals surface area contributed by atoms with Crippen LogP contribution in [0, 0.1) is 0 Å². The van der Waals surface area contributed by atoms with Gasteiger partial charge < -0.3 is 20.6 Å². The lowest BCUT2D eigenvalue weighted by Gasteiger charge is -2.33. The van der Waals surface area contributed by atoms with Crippen molar-refractivity contribution in [1.29, 1.82) is 0 Å². The molecule has 0 spiro atoms. The summed E-state index contributed by atoms with van der Waals surface area (Å²) in [5, 5.41) is 13.3. The molecule has 0 radical (unpaired) electrons. The molecule has 1 heterocycles. The molecule has 104 valence electrons. The molecule has 1 aliphatic rings. The molecular formula is C12H23N3O3. The van der Waals surface area contributed by atoms with Crippen molar-refractivity contribution in [3.63, 3.8) is 0 Å². The Hall–Kier alpha value is -1.30. The first-order valence-electron chi connectivity index (χ1n) is 6.57. The number of hydrogen-bond donors (Lipinski definition) is 3. The van der Waals surface area contributed by atoms with Crippen molar-refractivity contribution in [3.05, 3.63) is 0 Å². The van der Waals surface area contributed by atoms with E-state index in [0.717, 1.165) is 19.5 Å². The number of carboxylic acid groups (broad SMARTS) is 1. The van der Waals surface area contributed by atoms with Gasteiger partial charge in [0.25, 0.3) is 0 Å². The molecule has 0 aromatic rings. The Kier molecular flexibility index (Phi) is 6.49. The van der Waals surface area contributed by atoms with Crippen LogP contribution in [0.15, 0.2) is 0 Å². The van der Waals surface area contributed by atoms with E-state index in [1.165, 1.54) is 19.3 Å². The van der Waals surface area contributed by atoms with Crippen LogP contribution in [0.2, 0.25) is 0 Å². The second-order valence-corrected chi connectivity index (χ2v) is 4.74. The summed E-state index contributed by atoms with van der Waals surface area (Å²) in [6, 6.07) is 0.226. The van der Waals surface area contributed by atoms with Gasteiger partial charge in [-0.25, -0.2) is 4.79 Å². The highest BCUT2D eigenvalue weighted by Gasteiger charge is 2.17. The number of nitrogens with zero attached hydrogens (tertiary/aromatic N) is 1. The third kappa shape index (κ3) is 5.86. The predicted octanol–water partition coefficient (Wildman–Crippen LogP) is 0.635. The smallest absolute Gasteiger partial charge is 0.323 e. The molecule has 6 nitrogen and oxygen atoms in total. The van der Waals surface area contributed by atoms with E-state index < -0.39 is 12.0 Å². The maximum absolute atomic E-state index is 11.2. The second kappa shape index (κ2) is 7.92. The van der Waals surface area contributed by atoms with Crippen molar-refractivity contribution in [2.45, 2.75) is 38.6 Å². The fourth-order valence-corrected chi connectivity index (χ4v) is 2.19. The van der Waals surface area contributed by atoms with Crippen LogP contribution in [0.3, 0.4) is 0 Å². The van der Waals surface area contributed by atoms with Crippen LogP contribution in [0.1, 0.15) is 32.6 Å². The number of piperidine rings is 1. The molecule has 6 heteroatoms. The first-order chi connectivity index (χ1) is 8.59. The Balaban J connectivity index is 2.03. The molecule has 1 rings (SSSR count). The number of likely N-dealkylation sites (tertiary alicyclic amines) is 1. The lowest BCUT2D eigenvalue weighted by Crippen LogP contribution is -2.41. The summed E-state index contributed by atoms with van der Waals surface area (Å²) < 4.78 is 0. The molecule has 1 atom stereocenters. The van der Waals surface area contributed by atoms with Gasteiger partial charge in [-0.1, -0.05) is 6.42 Å². The average molecular weight is 257 g/mol. The van der Waals surface area contributed by atoms with Crippen LogP contribution >= 0.6 is 0 Å². The van der Waals surface area contributed by atoms with Gasteiger partial charge in [0.05, 0.1) is 0 Å². The number of amides is 2. The highest BCUT2D eigenvalue weighted by atomic mass is 16.4. The van der Waals surface area contributed by atoms with Crippen LogP contribution in [0.25, 0.3) is 0 Å². The van der Waals surface area contributed by atoms with Gasteiger partial charge in [-0.2, -0.15) is 0 Å². The normalized spacial score (nSPS) is 20.4. The summed E-state index contributed by atoms with van der Waals surface area (Å²) in [6.45, 7) is 4.61. The lowest BCUT2D eigenvalue weighted by atomic mass is 10.0. The monoisotopic (exact) mass is 257 g/mol. The summed E-state index contributed by atoms with van der Waals surface area (Å²) in [4.78, 5) is 23.8. The van der Waals surface area contributed by atoms with E-state index in [0.29, 0.717) is 12.6 Å². The van der Waals surface area contributed by atoms with Gasteiger partial charge in [0.15, 0.2) is 0 Å². The standard InChI is InChI=1S/C12H23N3O3/c1-10-5-2-3-7-15(10)8-4-6-13-12(18)14-9-11(16)17/h10H,2-9H2,1H3,(H,16,17)(H2,13,14,18). The number of aliphatic carboxylic acids is 1. The SMILES string of the molecule is CC1CCCCN1CCCNC(=O)NCC(=O)O. The molecule has 18 heavy (non-hydrogen) atoms. The third-order valence-electron chi connectivity index (χ3n) is 3.25. The van der Waals surface area contributed by atoms with Crippen LogP contribution < -0.4 is 10.6 Å². The first kappa shape index (κ1) is 14.8. The lowest BCUT2D eigenvalue weighted by molar-refractivity contribution is -0.135. The van der Waals surface area contributed by atoms with Crippen molar-refractivity contribution >= 4 is 12.0 Å². The molecule has 1 fully saturated rings. The molecular weight excluding hydrogens is 234 g/mol. The number of hydrogen-bond acceptors (Lipinski definition) is 3. The van der Waals surface area contributed by atoms with E-state index in [4.69, 9.17) is 5.11 Å². The second-order valence-electron chi connectivity index (χ2n) is 4.74. The van der Waals surface area contributed by atoms with Crippen LogP contribution in [-0.2, 0) is 4.79 Å². The molecule has 1 saturated heterocycles. The highest BCUT2D eigenvalue weighted by Crippen LogP contribution is 2.15. The molecule has 1 unspecified atom stereocenters. The van der Waals surface area contributed by atoms with Crippen molar-refractivity contribution in [3.8, 4) is 0 Å². The molecule has 0 aromatic heterocycles. The Morgan fingerprint density at radius 1 is 1.33 bits per heavy atom. The number of urea groups is 1. The largest absolute Gasteiger partial charge is 0.480 e. The van der Waals surface area contributed by atoms with Crippen LogP contribution in [-0.4, -0.2) is 54.2 Å². The van der Waals surface area contributed by atoms with Gasteiger partial charge in [-0.15, -0.1) is 0 Å². The van der Waals surface area contributed by atoms with Crippen LogP contribution in [0.4, 0.5) is 4.79 Å². The number of carboxylic acids is 1. The Labute approximate surface area is 108 Å². The van der Waals surface area contributed by atoms with Crippen molar-refractivity contribution in [2.75, 3.05) is 26.2 Å². The van der Waals surface area contributed by atoms with E-state index in [9.17, 15) is 9.59 Å². The van der Waals surface area contributed by atoms with Gasteiger partial charge in [-0.3, -0.25) is 4.79 Å². The maximum atomic E-state index is 11.2. The Bertz CT molecular complexity index is 284. The first-order valence-corrected chi connectivity index (χ1v) is 6.57. The van der Waals surface area contributed by atoms with E-state index in [1.54, 1.807) is 0 Å². The molecule has 1 aliphatic heterocycles. The van der Waals surface area contributed by atoms with Gasteiger partial charge in [0, 0.05) is 19.1 Å². The molecule has 0 aliphatic carbocycles. The molecule has 0 saturated carbocycles. The van der Waals surface area contributed by atoms with E-state index >= 15 is 0 Å². The van der Waals surface area contributed by atoms with Gasteiger partial charge >= 0.3 is 12.0 Å². The zero-order valence-corrected chi connectivity index (χ0v) is 10.9. The molecule has 0 aromatic carbocycles.